The summed E-state index contributed by atoms with van der Waals surface area (Å²) >= 11 is 0. The molecule has 0 aliphatic heterocycles. The normalized spacial score (nSPS) is 10.3. The Morgan fingerprint density at radius 1 is 1.46 bits per heavy atom. The van der Waals surface area contributed by atoms with Gasteiger partial charge in [0.05, 0.1) is 5.69 Å². The first-order valence-corrected chi connectivity index (χ1v) is 4.40. The average molecular weight is 179 g/mol. The van der Waals surface area contributed by atoms with Crippen LogP contribution in [0.1, 0.15) is 19.5 Å². The summed E-state index contributed by atoms with van der Waals surface area (Å²) in [4.78, 5) is 4.01. The van der Waals surface area contributed by atoms with Gasteiger partial charge < -0.3 is 0 Å². The van der Waals surface area contributed by atoms with Gasteiger partial charge in [-0.15, -0.1) is 0 Å². The molecule has 0 N–H and O–H groups in total. The van der Waals surface area contributed by atoms with Crippen LogP contribution in [0.15, 0.2) is 23.7 Å². The van der Waals surface area contributed by atoms with E-state index in [0.29, 0.717) is 0 Å². The second-order valence-corrected chi connectivity index (χ2v) is 2.18. The molecule has 0 saturated heterocycles. The quantitative estimate of drug-likeness (QED) is 0.647. The lowest BCUT2D eigenvalue weighted by molar-refractivity contribution is 0.802. The molecule has 0 atom stereocenters. The van der Waals surface area contributed by atoms with Crippen LogP contribution in [0.4, 0.5) is 0 Å². The van der Waals surface area contributed by atoms with Crippen LogP contribution in [0.2, 0.25) is 0 Å². The Morgan fingerprint density at radius 3 is 2.54 bits per heavy atom. The molecule has 13 heavy (non-hydrogen) atoms. The van der Waals surface area contributed by atoms with E-state index in [1.807, 2.05) is 32.9 Å². The predicted octanol–water partition coefficient (Wildman–Crippen LogP) is 1.85. The molecule has 0 aliphatic carbocycles. The summed E-state index contributed by atoms with van der Waals surface area (Å²) in [5.74, 6) is 0. The molecule has 0 fully saturated rings. The molecule has 1 aromatic heterocycles. The van der Waals surface area contributed by atoms with Crippen LogP contribution in [0.25, 0.3) is 6.20 Å². The maximum Gasteiger partial charge on any atom is 0.148 e. The first-order valence-electron chi connectivity index (χ1n) is 4.40. The molecule has 0 unspecified atom stereocenters. The van der Waals surface area contributed by atoms with E-state index < -0.39 is 0 Å². The third-order valence-electron chi connectivity index (χ3n) is 1.38. The van der Waals surface area contributed by atoms with E-state index in [2.05, 4.69) is 16.7 Å². The summed E-state index contributed by atoms with van der Waals surface area (Å²) in [6, 6.07) is 3.83. The van der Waals surface area contributed by atoms with Crippen molar-refractivity contribution in [3.63, 3.8) is 0 Å². The highest BCUT2D eigenvalue weighted by Gasteiger charge is 1.88. The highest BCUT2D eigenvalue weighted by atomic mass is 15.3. The fraction of sp³-hybridized carbons (Fsp3) is 0.400. The van der Waals surface area contributed by atoms with Gasteiger partial charge >= 0.3 is 0 Å². The molecule has 0 radical (unpaired) electrons. The van der Waals surface area contributed by atoms with Gasteiger partial charge in [-0.05, 0) is 19.1 Å². The molecule has 0 spiro atoms. The zero-order chi connectivity index (χ0) is 10.3. The highest BCUT2D eigenvalue weighted by molar-refractivity contribution is 5.14. The number of rotatable bonds is 1. The number of hydrogen-bond donors (Lipinski definition) is 0. The van der Waals surface area contributed by atoms with E-state index in [4.69, 9.17) is 0 Å². The standard InChI is InChI=1S/C8H11N3.C2H6/c1-4-11-8(9-3)6-5-7(2)10-11;1-2/h4-6H,1H2,2-3H3;1-2H3. The van der Waals surface area contributed by atoms with Crippen molar-refractivity contribution in [3.8, 4) is 0 Å². The molecule has 1 rings (SSSR count). The minimum Gasteiger partial charge on any atom is -0.270 e. The molecule has 0 bridgehead atoms. The SMILES string of the molecule is C=Cn1nc(C)ccc1=NC.CC. The summed E-state index contributed by atoms with van der Waals surface area (Å²) in [6.07, 6.45) is 1.63. The maximum absolute atomic E-state index is 4.17. The first-order chi connectivity index (χ1) is 6.27. The van der Waals surface area contributed by atoms with Crippen LogP contribution >= 0.6 is 0 Å². The van der Waals surface area contributed by atoms with Gasteiger partial charge in [0.15, 0.2) is 0 Å². The van der Waals surface area contributed by atoms with E-state index in [9.17, 15) is 0 Å². The summed E-state index contributed by atoms with van der Waals surface area (Å²) in [5, 5.41) is 4.17. The van der Waals surface area contributed by atoms with Gasteiger partial charge in [-0.1, -0.05) is 20.4 Å². The van der Waals surface area contributed by atoms with Gasteiger partial charge in [-0.25, -0.2) is 4.68 Å². The van der Waals surface area contributed by atoms with Crippen molar-refractivity contribution in [2.75, 3.05) is 7.05 Å². The van der Waals surface area contributed by atoms with Gasteiger partial charge in [0, 0.05) is 13.2 Å². The van der Waals surface area contributed by atoms with Crippen molar-refractivity contribution in [1.82, 2.24) is 9.78 Å². The summed E-state index contributed by atoms with van der Waals surface area (Å²) in [6.45, 7) is 9.55. The molecular weight excluding hydrogens is 162 g/mol. The third-order valence-corrected chi connectivity index (χ3v) is 1.38. The van der Waals surface area contributed by atoms with Crippen LogP contribution in [0, 0.1) is 6.92 Å². The fourth-order valence-corrected chi connectivity index (χ4v) is 0.837. The Bertz CT molecular complexity index is 323. The summed E-state index contributed by atoms with van der Waals surface area (Å²) < 4.78 is 1.65. The predicted molar refractivity (Wildman–Crippen MR) is 56.2 cm³/mol. The zero-order valence-corrected chi connectivity index (χ0v) is 8.78. The number of aryl methyl sites for hydroxylation is 1. The molecule has 0 amide bonds. The lowest BCUT2D eigenvalue weighted by Crippen LogP contribution is -2.18. The largest absolute Gasteiger partial charge is 0.270 e. The molecule has 0 saturated carbocycles. The lowest BCUT2D eigenvalue weighted by atomic mass is 10.4. The topological polar surface area (TPSA) is 30.2 Å². The summed E-state index contributed by atoms with van der Waals surface area (Å²) in [7, 11) is 1.73. The van der Waals surface area contributed by atoms with Gasteiger partial charge in [0.2, 0.25) is 0 Å². The Kier molecular flexibility index (Phi) is 5.52. The Labute approximate surface area is 79.5 Å². The molecular formula is C10H17N3. The molecule has 3 heteroatoms. The first kappa shape index (κ1) is 11.6. The average Bonchev–Trinajstić information content (AvgIpc) is 2.20. The van der Waals surface area contributed by atoms with Crippen LogP contribution in [0.3, 0.4) is 0 Å². The Hall–Kier alpha value is -1.38. The number of nitrogens with zero attached hydrogens (tertiary/aromatic N) is 3. The van der Waals surface area contributed by atoms with Crippen LogP contribution in [0.5, 0.6) is 0 Å². The smallest absolute Gasteiger partial charge is 0.148 e. The van der Waals surface area contributed by atoms with Crippen LogP contribution in [-0.4, -0.2) is 16.8 Å². The monoisotopic (exact) mass is 179 g/mol. The molecule has 0 aliphatic rings. The molecule has 0 aromatic carbocycles. The van der Waals surface area contributed by atoms with Gasteiger partial charge in [-0.2, -0.15) is 5.10 Å². The van der Waals surface area contributed by atoms with Gasteiger partial charge in [-0.3, -0.25) is 4.99 Å². The summed E-state index contributed by atoms with van der Waals surface area (Å²) in [5.41, 5.74) is 1.77. The minimum atomic E-state index is 0.811. The fourth-order valence-electron chi connectivity index (χ4n) is 0.837. The zero-order valence-electron chi connectivity index (χ0n) is 8.78. The molecule has 3 nitrogen and oxygen atoms in total. The van der Waals surface area contributed by atoms with E-state index in [1.54, 1.807) is 17.9 Å². The van der Waals surface area contributed by atoms with E-state index in [0.717, 1.165) is 11.2 Å². The van der Waals surface area contributed by atoms with Crippen molar-refractivity contribution in [1.29, 1.82) is 0 Å². The van der Waals surface area contributed by atoms with Crippen molar-refractivity contribution in [2.24, 2.45) is 4.99 Å². The van der Waals surface area contributed by atoms with Crippen LogP contribution in [-0.2, 0) is 0 Å². The minimum absolute atomic E-state index is 0.811. The van der Waals surface area contributed by atoms with Gasteiger partial charge in [0.1, 0.15) is 5.49 Å². The number of hydrogen-bond acceptors (Lipinski definition) is 2. The Morgan fingerprint density at radius 2 is 2.08 bits per heavy atom. The maximum atomic E-state index is 4.17. The Balaban J connectivity index is 0.000000671. The van der Waals surface area contributed by atoms with Crippen molar-refractivity contribution < 1.29 is 0 Å². The van der Waals surface area contributed by atoms with E-state index >= 15 is 0 Å². The molecule has 1 heterocycles. The molecule has 72 valence electrons. The van der Waals surface area contributed by atoms with E-state index in [1.165, 1.54) is 0 Å². The molecule has 1 aromatic rings. The van der Waals surface area contributed by atoms with Crippen molar-refractivity contribution in [3.05, 3.63) is 29.9 Å². The number of aromatic nitrogens is 2. The van der Waals surface area contributed by atoms with Crippen LogP contribution < -0.4 is 5.49 Å². The lowest BCUT2D eigenvalue weighted by Gasteiger charge is -1.98. The van der Waals surface area contributed by atoms with E-state index in [-0.39, 0.29) is 0 Å². The third kappa shape index (κ3) is 3.23. The second-order valence-electron chi connectivity index (χ2n) is 2.18. The highest BCUT2D eigenvalue weighted by Crippen LogP contribution is 1.85. The van der Waals surface area contributed by atoms with Crippen molar-refractivity contribution >= 4 is 6.20 Å². The second kappa shape index (κ2) is 6.17. The van der Waals surface area contributed by atoms with Gasteiger partial charge in [0.25, 0.3) is 0 Å². The van der Waals surface area contributed by atoms with Crippen molar-refractivity contribution in [2.45, 2.75) is 20.8 Å².